The molecule has 0 radical (unpaired) electrons. The van der Waals surface area contributed by atoms with Crippen molar-refractivity contribution in [1.29, 1.82) is 0 Å². The Hall–Kier alpha value is -2.57. The Morgan fingerprint density at radius 3 is 2.83 bits per heavy atom. The molecule has 2 amide bonds. The summed E-state index contributed by atoms with van der Waals surface area (Å²) < 4.78 is 4.97. The van der Waals surface area contributed by atoms with Crippen LogP contribution < -0.4 is 5.73 Å². The van der Waals surface area contributed by atoms with E-state index in [0.717, 1.165) is 0 Å². The molecule has 0 aromatic heterocycles. The lowest BCUT2D eigenvalue weighted by Gasteiger charge is -2.31. The number of nitrogens with two attached hydrogens (primary N) is 1. The first-order valence-electron chi connectivity index (χ1n) is 7.43. The summed E-state index contributed by atoms with van der Waals surface area (Å²) in [5.41, 5.74) is 5.84. The number of carbonyl (C=O) groups is 3. The number of piperidine rings is 1. The summed E-state index contributed by atoms with van der Waals surface area (Å²) in [5, 5.41) is 9.83. The lowest BCUT2D eigenvalue weighted by atomic mass is 9.97. The van der Waals surface area contributed by atoms with E-state index in [0.29, 0.717) is 24.9 Å². The van der Waals surface area contributed by atoms with E-state index in [1.165, 1.54) is 11.0 Å². The number of nitrogens with zero attached hydrogens (tertiary/aromatic N) is 1. The van der Waals surface area contributed by atoms with Crippen LogP contribution in [0.25, 0.3) is 0 Å². The molecule has 0 aliphatic carbocycles. The maximum Gasteiger partial charge on any atom is 0.342 e. The Labute approximate surface area is 134 Å². The zero-order valence-corrected chi connectivity index (χ0v) is 12.9. The van der Waals surface area contributed by atoms with Gasteiger partial charge in [-0.15, -0.1) is 0 Å². The second-order valence-electron chi connectivity index (χ2n) is 5.63. The minimum Gasteiger partial charge on any atom is -0.507 e. The lowest BCUT2D eigenvalue weighted by Crippen LogP contribution is -2.45. The minimum absolute atomic E-state index is 0.0199. The summed E-state index contributed by atoms with van der Waals surface area (Å²) in [6, 6.07) is 4.71. The van der Waals surface area contributed by atoms with Gasteiger partial charge in [-0.1, -0.05) is 12.1 Å². The van der Waals surface area contributed by atoms with Crippen LogP contribution in [-0.4, -0.2) is 47.5 Å². The Balaban J connectivity index is 1.92. The monoisotopic (exact) mass is 320 g/mol. The molecule has 1 heterocycles. The molecule has 0 bridgehead atoms. The normalized spacial score (nSPS) is 17.6. The third-order valence-corrected chi connectivity index (χ3v) is 3.96. The summed E-state index contributed by atoms with van der Waals surface area (Å²) in [6.45, 7) is 1.99. The Morgan fingerprint density at radius 1 is 1.39 bits per heavy atom. The van der Waals surface area contributed by atoms with Gasteiger partial charge in [-0.25, -0.2) is 4.79 Å². The molecule has 1 fully saturated rings. The van der Waals surface area contributed by atoms with E-state index < -0.39 is 18.5 Å². The topological polar surface area (TPSA) is 110 Å². The molecule has 1 atom stereocenters. The summed E-state index contributed by atoms with van der Waals surface area (Å²) >= 11 is 0. The van der Waals surface area contributed by atoms with Crippen molar-refractivity contribution in [2.45, 2.75) is 19.8 Å². The van der Waals surface area contributed by atoms with Gasteiger partial charge in [-0.3, -0.25) is 9.59 Å². The number of phenolic OH excluding ortho intramolecular Hbond substituents is 1. The number of phenols is 1. The molecule has 7 heteroatoms. The predicted molar refractivity (Wildman–Crippen MR) is 81.6 cm³/mol. The van der Waals surface area contributed by atoms with Gasteiger partial charge in [0.25, 0.3) is 5.91 Å². The fraction of sp³-hybridized carbons (Fsp3) is 0.438. The number of hydrogen-bond donors (Lipinski definition) is 2. The Bertz CT molecular complexity index is 629. The van der Waals surface area contributed by atoms with Crippen molar-refractivity contribution in [3.63, 3.8) is 0 Å². The van der Waals surface area contributed by atoms with Crippen molar-refractivity contribution in [3.8, 4) is 5.75 Å². The average molecular weight is 320 g/mol. The summed E-state index contributed by atoms with van der Waals surface area (Å²) in [6.07, 6.45) is 1.35. The first kappa shape index (κ1) is 16.8. The number of para-hydroxylation sites is 1. The third-order valence-electron chi connectivity index (χ3n) is 3.96. The number of aryl methyl sites for hydroxylation is 1. The molecule has 3 N–H and O–H groups in total. The maximum atomic E-state index is 12.1. The quantitative estimate of drug-likeness (QED) is 0.789. The van der Waals surface area contributed by atoms with Gasteiger partial charge in [0.2, 0.25) is 5.91 Å². The predicted octanol–water partition coefficient (Wildman–Crippen LogP) is 0.581. The number of carbonyl (C=O) groups excluding carboxylic acids is 3. The molecule has 0 unspecified atom stereocenters. The third kappa shape index (κ3) is 4.00. The fourth-order valence-corrected chi connectivity index (χ4v) is 2.56. The lowest BCUT2D eigenvalue weighted by molar-refractivity contribution is -0.137. The van der Waals surface area contributed by atoms with E-state index in [1.54, 1.807) is 19.1 Å². The molecule has 1 aromatic rings. The molecule has 1 aliphatic heterocycles. The van der Waals surface area contributed by atoms with Crippen molar-refractivity contribution >= 4 is 17.8 Å². The largest absolute Gasteiger partial charge is 0.507 e. The van der Waals surface area contributed by atoms with E-state index in [-0.39, 0.29) is 29.7 Å². The first-order valence-corrected chi connectivity index (χ1v) is 7.43. The van der Waals surface area contributed by atoms with Gasteiger partial charge in [-0.2, -0.15) is 0 Å². The number of rotatable bonds is 4. The number of esters is 1. The van der Waals surface area contributed by atoms with E-state index >= 15 is 0 Å². The Morgan fingerprint density at radius 2 is 2.13 bits per heavy atom. The van der Waals surface area contributed by atoms with Crippen LogP contribution in [0.15, 0.2) is 18.2 Å². The van der Waals surface area contributed by atoms with Crippen LogP contribution in [0.3, 0.4) is 0 Å². The van der Waals surface area contributed by atoms with Crippen LogP contribution in [0.1, 0.15) is 28.8 Å². The number of hydrogen-bond acceptors (Lipinski definition) is 5. The van der Waals surface area contributed by atoms with Crippen molar-refractivity contribution in [1.82, 2.24) is 4.90 Å². The van der Waals surface area contributed by atoms with Crippen molar-refractivity contribution in [3.05, 3.63) is 29.3 Å². The molecular weight excluding hydrogens is 300 g/mol. The van der Waals surface area contributed by atoms with Gasteiger partial charge < -0.3 is 20.5 Å². The van der Waals surface area contributed by atoms with E-state index in [9.17, 15) is 19.5 Å². The highest BCUT2D eigenvalue weighted by molar-refractivity contribution is 5.94. The maximum absolute atomic E-state index is 12.1. The molecule has 0 spiro atoms. The second kappa shape index (κ2) is 7.13. The number of ether oxygens (including phenoxy) is 1. The van der Waals surface area contributed by atoms with Gasteiger partial charge >= 0.3 is 5.97 Å². The average Bonchev–Trinajstić information content (AvgIpc) is 2.55. The van der Waals surface area contributed by atoms with Gasteiger partial charge in [-0.05, 0) is 31.4 Å². The molecule has 2 rings (SSSR count). The molecule has 1 aliphatic rings. The highest BCUT2D eigenvalue weighted by Gasteiger charge is 2.27. The minimum atomic E-state index is -0.761. The van der Waals surface area contributed by atoms with Crippen LogP contribution in [-0.2, 0) is 14.3 Å². The van der Waals surface area contributed by atoms with Gasteiger partial charge in [0.05, 0.1) is 5.92 Å². The smallest absolute Gasteiger partial charge is 0.342 e. The molecule has 0 saturated carbocycles. The van der Waals surface area contributed by atoms with Gasteiger partial charge in [0.1, 0.15) is 11.3 Å². The molecule has 23 heavy (non-hydrogen) atoms. The highest BCUT2D eigenvalue weighted by Crippen LogP contribution is 2.22. The van der Waals surface area contributed by atoms with Crippen LogP contribution >= 0.6 is 0 Å². The standard InChI is InChI=1S/C16H20N2O5/c1-10-4-2-6-12(14(10)20)16(22)23-9-13(19)18-7-3-5-11(8-18)15(17)21/h2,4,6,11,20H,3,5,7-9H2,1H3,(H2,17,21)/t11-/m0/s1. The highest BCUT2D eigenvalue weighted by atomic mass is 16.5. The molecule has 124 valence electrons. The van der Waals surface area contributed by atoms with Crippen LogP contribution in [0.2, 0.25) is 0 Å². The number of aromatic hydroxyl groups is 1. The van der Waals surface area contributed by atoms with Crippen LogP contribution in [0.4, 0.5) is 0 Å². The molecule has 7 nitrogen and oxygen atoms in total. The number of primary amides is 1. The number of benzene rings is 1. The van der Waals surface area contributed by atoms with Crippen molar-refractivity contribution in [2.75, 3.05) is 19.7 Å². The Kier molecular flexibility index (Phi) is 5.20. The van der Waals surface area contributed by atoms with E-state index in [2.05, 4.69) is 0 Å². The van der Waals surface area contributed by atoms with E-state index in [1.807, 2.05) is 0 Å². The zero-order valence-electron chi connectivity index (χ0n) is 12.9. The number of amides is 2. The molecule has 1 aromatic carbocycles. The summed E-state index contributed by atoms with van der Waals surface area (Å²) in [5.74, 6) is -2.08. The summed E-state index contributed by atoms with van der Waals surface area (Å²) in [7, 11) is 0. The van der Waals surface area contributed by atoms with Crippen LogP contribution in [0, 0.1) is 12.8 Å². The molecular formula is C16H20N2O5. The fourth-order valence-electron chi connectivity index (χ4n) is 2.56. The van der Waals surface area contributed by atoms with Crippen LogP contribution in [0.5, 0.6) is 5.75 Å². The second-order valence-corrected chi connectivity index (χ2v) is 5.63. The first-order chi connectivity index (χ1) is 10.9. The van der Waals surface area contributed by atoms with E-state index in [4.69, 9.17) is 10.5 Å². The van der Waals surface area contributed by atoms with Gasteiger partial charge in [0.15, 0.2) is 6.61 Å². The van der Waals surface area contributed by atoms with Gasteiger partial charge in [0, 0.05) is 13.1 Å². The number of likely N-dealkylation sites (tertiary alicyclic amines) is 1. The molecule has 1 saturated heterocycles. The zero-order chi connectivity index (χ0) is 17.0. The van der Waals surface area contributed by atoms with Crippen molar-refractivity contribution in [2.24, 2.45) is 11.7 Å². The van der Waals surface area contributed by atoms with Crippen molar-refractivity contribution < 1.29 is 24.2 Å². The summed E-state index contributed by atoms with van der Waals surface area (Å²) in [4.78, 5) is 36.7. The SMILES string of the molecule is Cc1cccc(C(=O)OCC(=O)N2CCC[C@H](C(N)=O)C2)c1O.